The van der Waals surface area contributed by atoms with Crippen LogP contribution in [0.5, 0.6) is 0 Å². The van der Waals surface area contributed by atoms with E-state index < -0.39 is 35.1 Å². The number of nitrogens with two attached hydrogens (primary N) is 3. The topological polar surface area (TPSA) is 254 Å². The molecule has 2 unspecified atom stereocenters. The van der Waals surface area contributed by atoms with Gasteiger partial charge in [-0.1, -0.05) is 17.3 Å². The molecule has 3 amide bonds. The van der Waals surface area contributed by atoms with Gasteiger partial charge in [0.1, 0.15) is 40.8 Å². The van der Waals surface area contributed by atoms with Gasteiger partial charge >= 0.3 is 5.97 Å². The molecule has 9 N–H and O–H groups in total. The third kappa shape index (κ3) is 6.76. The van der Waals surface area contributed by atoms with Crippen LogP contribution in [0.2, 0.25) is 0 Å². The molecule has 0 saturated carbocycles. The summed E-state index contributed by atoms with van der Waals surface area (Å²) in [5, 5.41) is 20.3. The van der Waals surface area contributed by atoms with Gasteiger partial charge < -0.3 is 37.8 Å². The molecule has 0 aliphatic carbocycles. The van der Waals surface area contributed by atoms with Crippen molar-refractivity contribution in [2.24, 2.45) is 10.9 Å². The number of nitrogens with one attached hydrogen (secondary N) is 2. The van der Waals surface area contributed by atoms with Crippen molar-refractivity contribution in [3.8, 4) is 0 Å². The van der Waals surface area contributed by atoms with E-state index in [9.17, 15) is 24.3 Å². The second kappa shape index (κ2) is 13.0. The lowest BCUT2D eigenvalue weighted by molar-refractivity contribution is -0.150. The van der Waals surface area contributed by atoms with Crippen LogP contribution in [-0.2, 0) is 24.0 Å². The highest BCUT2D eigenvalue weighted by atomic mass is 32.2. The van der Waals surface area contributed by atoms with Crippen LogP contribution in [0.1, 0.15) is 5.69 Å². The number of thioether (sulfide) groups is 2. The zero-order valence-electron chi connectivity index (χ0n) is 21.3. The number of thiazole rings is 1. The number of nitrogen functional groups attached to an aromatic ring is 2. The van der Waals surface area contributed by atoms with Crippen molar-refractivity contribution in [3.05, 3.63) is 40.6 Å². The van der Waals surface area contributed by atoms with Crippen LogP contribution in [0, 0.1) is 0 Å². The number of hydrogen-bond acceptors (Lipinski definition) is 15. The smallest absolute Gasteiger partial charge is 0.352 e. The van der Waals surface area contributed by atoms with Crippen LogP contribution in [0.15, 0.2) is 45.1 Å². The predicted octanol–water partition coefficient (Wildman–Crippen LogP) is -0.568. The standard InChI is InChI=1S/C22H24N10O6S3/c1-38-31-14(10-8-41-22(26-10)28-12(33)6-23)17(34)30-15-18(35)32-16(20(36)37)9(7-40-19(15)32)3-2-4-39-13-5-11(24)27-21(25)29-13/h2-3,5,8,15,19H,4,6-7,23H2,1H3,(H,30,34)(H,36,37)(H,26,28,33)(H4,24,25,27,29)/b3-2+,31-14?. The number of carboxylic acids is 1. The Kier molecular flexibility index (Phi) is 9.42. The number of amides is 3. The summed E-state index contributed by atoms with van der Waals surface area (Å²) in [5.74, 6) is -2.09. The summed E-state index contributed by atoms with van der Waals surface area (Å²) in [7, 11) is 1.24. The average molecular weight is 621 g/mol. The van der Waals surface area contributed by atoms with Crippen LogP contribution in [0.4, 0.5) is 16.9 Å². The van der Waals surface area contributed by atoms with Crippen LogP contribution in [-0.4, -0.2) is 90.9 Å². The molecule has 41 heavy (non-hydrogen) atoms. The first kappa shape index (κ1) is 29.8. The summed E-state index contributed by atoms with van der Waals surface area (Å²) in [4.78, 5) is 67.7. The Morgan fingerprint density at radius 1 is 1.32 bits per heavy atom. The number of β-lactam (4-membered cyclic amide) rings is 1. The molecule has 0 radical (unpaired) electrons. The molecule has 2 aromatic rings. The minimum Gasteiger partial charge on any atom is -0.477 e. The van der Waals surface area contributed by atoms with Crippen molar-refractivity contribution in [3.63, 3.8) is 0 Å². The number of aromatic nitrogens is 3. The lowest BCUT2D eigenvalue weighted by Crippen LogP contribution is -2.71. The number of allylic oxidation sites excluding steroid dienone is 1. The molecule has 1 saturated heterocycles. The molecule has 2 aliphatic heterocycles. The highest BCUT2D eigenvalue weighted by molar-refractivity contribution is 8.00. The maximum absolute atomic E-state index is 13.0. The fraction of sp³-hybridized carbons (Fsp3) is 0.273. The summed E-state index contributed by atoms with van der Waals surface area (Å²) in [6, 6.07) is 0.564. The molecule has 16 nitrogen and oxygen atoms in total. The molecule has 2 aromatic heterocycles. The summed E-state index contributed by atoms with van der Waals surface area (Å²) in [5.41, 5.74) is 16.7. The Hall–Kier alpha value is -4.20. The fourth-order valence-corrected chi connectivity index (χ4v) is 6.50. The first-order valence-corrected chi connectivity index (χ1v) is 14.5. The lowest BCUT2D eigenvalue weighted by Gasteiger charge is -2.49. The van der Waals surface area contributed by atoms with Gasteiger partial charge in [0.25, 0.3) is 11.8 Å². The largest absolute Gasteiger partial charge is 0.477 e. The number of carbonyl (C=O) groups excluding carboxylic acids is 3. The van der Waals surface area contributed by atoms with E-state index in [1.807, 2.05) is 0 Å². The number of rotatable bonds is 11. The molecule has 4 heterocycles. The average Bonchev–Trinajstić information content (AvgIpc) is 3.39. The number of oxime groups is 1. The number of carboxylic acid groups (broad SMARTS) is 1. The van der Waals surface area contributed by atoms with Gasteiger partial charge in [0, 0.05) is 23.0 Å². The van der Waals surface area contributed by atoms with Gasteiger partial charge in [-0.05, 0) is 5.57 Å². The van der Waals surface area contributed by atoms with Gasteiger partial charge in [0.15, 0.2) is 10.8 Å². The summed E-state index contributed by atoms with van der Waals surface area (Å²) >= 11 is 3.67. The zero-order valence-corrected chi connectivity index (χ0v) is 23.7. The van der Waals surface area contributed by atoms with Crippen LogP contribution in [0.3, 0.4) is 0 Å². The second-order valence-corrected chi connectivity index (χ2v) is 11.2. The molecule has 2 aliphatic rings. The maximum Gasteiger partial charge on any atom is 0.352 e. The van der Waals surface area contributed by atoms with Crippen LogP contribution < -0.4 is 27.8 Å². The Morgan fingerprint density at radius 3 is 2.78 bits per heavy atom. The first-order valence-electron chi connectivity index (χ1n) is 11.6. The minimum absolute atomic E-state index is 0.0490. The Labute approximate surface area is 244 Å². The molecule has 0 spiro atoms. The van der Waals surface area contributed by atoms with Gasteiger partial charge in [-0.3, -0.25) is 19.3 Å². The van der Waals surface area contributed by atoms with Crippen LogP contribution >= 0.6 is 34.9 Å². The molecule has 4 rings (SSSR count). The number of aliphatic carboxylic acids is 1. The number of hydrogen-bond donors (Lipinski definition) is 6. The van der Waals surface area contributed by atoms with E-state index in [2.05, 4.69) is 30.7 Å². The van der Waals surface area contributed by atoms with Gasteiger partial charge in [0.2, 0.25) is 11.9 Å². The normalized spacial score (nSPS) is 18.6. The SMILES string of the molecule is CON=C(C(=O)NC1C(=O)N2C(C(=O)O)=C(/C=C/CSc3cc(N)nc(N)n3)CSC12)c1csc(NC(=O)CN)n1. The lowest BCUT2D eigenvalue weighted by atomic mass is 10.0. The third-order valence-corrected chi connectivity index (χ3v) is 8.37. The highest BCUT2D eigenvalue weighted by Crippen LogP contribution is 2.40. The van der Waals surface area contributed by atoms with Gasteiger partial charge in [-0.2, -0.15) is 4.98 Å². The van der Waals surface area contributed by atoms with Crippen LogP contribution in [0.25, 0.3) is 0 Å². The quantitative estimate of drug-likeness (QED) is 0.0605. The third-order valence-electron chi connectivity index (χ3n) is 5.45. The fourth-order valence-electron chi connectivity index (χ4n) is 3.75. The second-order valence-electron chi connectivity index (χ2n) is 8.16. The molecule has 1 fully saturated rings. The van der Waals surface area contributed by atoms with E-state index in [4.69, 9.17) is 22.0 Å². The monoisotopic (exact) mass is 620 g/mol. The van der Waals surface area contributed by atoms with Crippen molar-refractivity contribution in [2.75, 3.05) is 41.9 Å². The number of carbonyl (C=O) groups is 4. The van der Waals surface area contributed by atoms with Crippen molar-refractivity contribution >= 4 is 81.2 Å². The van der Waals surface area contributed by atoms with Crippen molar-refractivity contribution in [1.29, 1.82) is 0 Å². The van der Waals surface area contributed by atoms with Crippen molar-refractivity contribution in [2.45, 2.75) is 16.4 Å². The van der Waals surface area contributed by atoms with E-state index in [0.717, 1.165) is 16.2 Å². The minimum atomic E-state index is -1.27. The summed E-state index contributed by atoms with van der Waals surface area (Å²) in [6.07, 6.45) is 3.38. The summed E-state index contributed by atoms with van der Waals surface area (Å²) < 4.78 is 0. The van der Waals surface area contributed by atoms with Gasteiger partial charge in [0.05, 0.1) is 6.54 Å². The van der Waals surface area contributed by atoms with E-state index in [0.29, 0.717) is 16.4 Å². The van der Waals surface area contributed by atoms with Crippen molar-refractivity contribution < 1.29 is 29.1 Å². The van der Waals surface area contributed by atoms with E-state index in [-0.39, 0.29) is 46.3 Å². The molecule has 0 bridgehead atoms. The van der Waals surface area contributed by atoms with Gasteiger partial charge in [-0.15, -0.1) is 34.9 Å². The first-order chi connectivity index (χ1) is 19.6. The number of nitrogens with zero attached hydrogens (tertiary/aromatic N) is 5. The van der Waals surface area contributed by atoms with Gasteiger partial charge in [-0.25, -0.2) is 14.8 Å². The molecule has 2 atom stereocenters. The molecule has 0 aromatic carbocycles. The molecular weight excluding hydrogens is 597 g/mol. The van der Waals surface area contributed by atoms with E-state index >= 15 is 0 Å². The van der Waals surface area contributed by atoms with E-state index in [1.165, 1.54) is 36.0 Å². The maximum atomic E-state index is 13.0. The van der Waals surface area contributed by atoms with E-state index in [1.54, 1.807) is 18.2 Å². The molecular formula is C22H24N10O6S3. The Morgan fingerprint density at radius 2 is 2.10 bits per heavy atom. The Balaban J connectivity index is 1.43. The molecule has 216 valence electrons. The Bertz CT molecular complexity index is 1460. The molecule has 19 heteroatoms. The van der Waals surface area contributed by atoms with Crippen molar-refractivity contribution in [1.82, 2.24) is 25.2 Å². The number of fused-ring (bicyclic) bond motifs is 1. The number of anilines is 3. The predicted molar refractivity (Wildman–Crippen MR) is 154 cm³/mol. The zero-order chi connectivity index (χ0) is 29.7. The summed E-state index contributed by atoms with van der Waals surface area (Å²) in [6.45, 7) is -0.245. The highest BCUT2D eigenvalue weighted by Gasteiger charge is 2.54.